The van der Waals surface area contributed by atoms with Gasteiger partial charge in [0, 0.05) is 12.6 Å². The molecule has 4 nitrogen and oxygen atoms in total. The van der Waals surface area contributed by atoms with E-state index in [0.717, 1.165) is 5.56 Å². The fourth-order valence-electron chi connectivity index (χ4n) is 1.37. The summed E-state index contributed by atoms with van der Waals surface area (Å²) in [5, 5.41) is 2.82. The van der Waals surface area contributed by atoms with Crippen molar-refractivity contribution in [1.29, 1.82) is 0 Å². The maximum Gasteiger partial charge on any atom is 0.213 e. The Balaban J connectivity index is 2.61. The quantitative estimate of drug-likeness (QED) is 0.779. The van der Waals surface area contributed by atoms with Gasteiger partial charge in [-0.1, -0.05) is 30.3 Å². The van der Waals surface area contributed by atoms with Crippen LogP contribution in [0, 0.1) is 0 Å². The van der Waals surface area contributed by atoms with Crippen molar-refractivity contribution in [2.75, 3.05) is 19.3 Å². The average molecular weight is 242 g/mol. The third-order valence-corrected chi connectivity index (χ3v) is 3.73. The van der Waals surface area contributed by atoms with Crippen LogP contribution in [0.4, 0.5) is 0 Å². The minimum atomic E-state index is -3.20. The molecule has 1 rings (SSSR count). The van der Waals surface area contributed by atoms with Crippen molar-refractivity contribution in [3.05, 3.63) is 35.9 Å². The summed E-state index contributed by atoms with van der Waals surface area (Å²) in [5.41, 5.74) is 0.968. The molecule has 5 heteroatoms. The van der Waals surface area contributed by atoms with Gasteiger partial charge in [-0.05, 0) is 19.5 Å². The van der Waals surface area contributed by atoms with Gasteiger partial charge in [0.1, 0.15) is 0 Å². The summed E-state index contributed by atoms with van der Waals surface area (Å²) in [7, 11) is -1.47. The van der Waals surface area contributed by atoms with Gasteiger partial charge < -0.3 is 5.32 Å². The molecule has 0 aliphatic rings. The molecule has 0 amide bonds. The smallest absolute Gasteiger partial charge is 0.213 e. The van der Waals surface area contributed by atoms with E-state index in [1.807, 2.05) is 37.3 Å². The average Bonchev–Trinajstić information content (AvgIpc) is 2.27. The fourth-order valence-corrected chi connectivity index (χ4v) is 2.64. The molecule has 0 fully saturated rings. The van der Waals surface area contributed by atoms with E-state index in [0.29, 0.717) is 6.54 Å². The summed E-state index contributed by atoms with van der Waals surface area (Å²) in [5.74, 6) is 0.0979. The topological polar surface area (TPSA) is 58.2 Å². The Hall–Kier alpha value is -0.910. The molecule has 0 radical (unpaired) electrons. The summed E-state index contributed by atoms with van der Waals surface area (Å²) in [6.45, 7) is 2.29. The Kier molecular flexibility index (Phi) is 4.92. The van der Waals surface area contributed by atoms with Crippen LogP contribution < -0.4 is 10.0 Å². The van der Waals surface area contributed by atoms with Crippen molar-refractivity contribution in [2.24, 2.45) is 0 Å². The lowest BCUT2D eigenvalue weighted by Crippen LogP contribution is -2.32. The van der Waals surface area contributed by atoms with Gasteiger partial charge >= 0.3 is 0 Å². The van der Waals surface area contributed by atoms with Crippen LogP contribution in [0.25, 0.3) is 0 Å². The molecule has 1 aromatic rings. The summed E-state index contributed by atoms with van der Waals surface area (Å²) in [6.07, 6.45) is 0. The van der Waals surface area contributed by atoms with Gasteiger partial charge in [-0.3, -0.25) is 0 Å². The second-order valence-corrected chi connectivity index (χ2v) is 5.55. The van der Waals surface area contributed by atoms with E-state index in [4.69, 9.17) is 0 Å². The maximum absolute atomic E-state index is 11.6. The largest absolute Gasteiger partial charge is 0.319 e. The minimum Gasteiger partial charge on any atom is -0.319 e. The first kappa shape index (κ1) is 13.2. The molecule has 2 N–H and O–H groups in total. The second-order valence-electron chi connectivity index (χ2n) is 3.67. The van der Waals surface area contributed by atoms with Crippen LogP contribution in [0.5, 0.6) is 0 Å². The van der Waals surface area contributed by atoms with E-state index >= 15 is 0 Å². The van der Waals surface area contributed by atoms with Crippen LogP contribution in [0.1, 0.15) is 18.5 Å². The molecule has 0 bridgehead atoms. The Morgan fingerprint density at radius 2 is 1.88 bits per heavy atom. The molecular weight excluding hydrogens is 224 g/mol. The molecule has 0 heterocycles. The third kappa shape index (κ3) is 4.30. The first-order valence-corrected chi connectivity index (χ1v) is 6.90. The van der Waals surface area contributed by atoms with Crippen LogP contribution in [0.2, 0.25) is 0 Å². The summed E-state index contributed by atoms with van der Waals surface area (Å²) >= 11 is 0. The molecule has 90 valence electrons. The van der Waals surface area contributed by atoms with E-state index in [1.165, 1.54) is 0 Å². The normalized spacial score (nSPS) is 13.6. The standard InChI is InChI=1S/C11H18N2O2S/c1-10(11-6-4-3-5-7-11)13-16(14,15)9-8-12-2/h3-7,10,12-13H,8-9H2,1-2H3. The van der Waals surface area contributed by atoms with Crippen molar-refractivity contribution < 1.29 is 8.42 Å². The molecule has 1 unspecified atom stereocenters. The molecule has 16 heavy (non-hydrogen) atoms. The number of hydrogen-bond acceptors (Lipinski definition) is 3. The molecule has 1 atom stereocenters. The molecule has 0 saturated heterocycles. The molecule has 0 aromatic heterocycles. The number of hydrogen-bond donors (Lipinski definition) is 2. The van der Waals surface area contributed by atoms with E-state index in [9.17, 15) is 8.42 Å². The molecule has 0 spiro atoms. The Morgan fingerprint density at radius 3 is 2.44 bits per heavy atom. The van der Waals surface area contributed by atoms with Crippen molar-refractivity contribution in [3.63, 3.8) is 0 Å². The summed E-state index contributed by atoms with van der Waals surface area (Å²) in [6, 6.07) is 9.33. The number of rotatable bonds is 6. The van der Waals surface area contributed by atoms with E-state index in [1.54, 1.807) is 7.05 Å². The van der Waals surface area contributed by atoms with Gasteiger partial charge in [0.15, 0.2) is 0 Å². The Bertz CT molecular complexity index is 403. The zero-order valence-electron chi connectivity index (χ0n) is 9.60. The zero-order chi connectivity index (χ0) is 12.0. The summed E-state index contributed by atoms with van der Waals surface area (Å²) < 4.78 is 25.9. The van der Waals surface area contributed by atoms with Gasteiger partial charge in [-0.25, -0.2) is 13.1 Å². The maximum atomic E-state index is 11.6. The predicted molar refractivity (Wildman–Crippen MR) is 65.7 cm³/mol. The Morgan fingerprint density at radius 1 is 1.25 bits per heavy atom. The van der Waals surface area contributed by atoms with Gasteiger partial charge in [0.25, 0.3) is 0 Å². The van der Waals surface area contributed by atoms with Crippen molar-refractivity contribution in [2.45, 2.75) is 13.0 Å². The molecule has 0 aliphatic carbocycles. The number of nitrogens with one attached hydrogen (secondary N) is 2. The van der Waals surface area contributed by atoms with E-state index < -0.39 is 10.0 Å². The fraction of sp³-hybridized carbons (Fsp3) is 0.455. The SMILES string of the molecule is CNCCS(=O)(=O)NC(C)c1ccccc1. The highest BCUT2D eigenvalue weighted by Crippen LogP contribution is 2.12. The van der Waals surface area contributed by atoms with Crippen molar-refractivity contribution >= 4 is 10.0 Å². The van der Waals surface area contributed by atoms with Crippen molar-refractivity contribution in [3.8, 4) is 0 Å². The van der Waals surface area contributed by atoms with E-state index in [-0.39, 0.29) is 11.8 Å². The second kappa shape index (κ2) is 5.98. The highest BCUT2D eigenvalue weighted by molar-refractivity contribution is 7.89. The molecule has 1 aromatic carbocycles. The van der Waals surface area contributed by atoms with Gasteiger partial charge in [-0.15, -0.1) is 0 Å². The molecular formula is C11H18N2O2S. The minimum absolute atomic E-state index is 0.0979. The number of sulfonamides is 1. The zero-order valence-corrected chi connectivity index (χ0v) is 10.4. The Labute approximate surface area is 97.1 Å². The number of benzene rings is 1. The monoisotopic (exact) mass is 242 g/mol. The van der Waals surface area contributed by atoms with Crippen LogP contribution in [0.15, 0.2) is 30.3 Å². The van der Waals surface area contributed by atoms with Crippen LogP contribution in [-0.4, -0.2) is 27.8 Å². The molecule has 0 aliphatic heterocycles. The lowest BCUT2D eigenvalue weighted by Gasteiger charge is -2.14. The van der Waals surface area contributed by atoms with Gasteiger partial charge in [-0.2, -0.15) is 0 Å². The van der Waals surface area contributed by atoms with Crippen LogP contribution in [0.3, 0.4) is 0 Å². The lowest BCUT2D eigenvalue weighted by atomic mass is 10.1. The summed E-state index contributed by atoms with van der Waals surface area (Å²) in [4.78, 5) is 0. The predicted octanol–water partition coefficient (Wildman–Crippen LogP) is 0.886. The van der Waals surface area contributed by atoms with Crippen LogP contribution in [-0.2, 0) is 10.0 Å². The lowest BCUT2D eigenvalue weighted by molar-refractivity contribution is 0.565. The first-order valence-electron chi connectivity index (χ1n) is 5.25. The third-order valence-electron chi connectivity index (χ3n) is 2.28. The van der Waals surface area contributed by atoms with E-state index in [2.05, 4.69) is 10.0 Å². The van der Waals surface area contributed by atoms with Crippen molar-refractivity contribution in [1.82, 2.24) is 10.0 Å². The first-order chi connectivity index (χ1) is 7.55. The van der Waals surface area contributed by atoms with Gasteiger partial charge in [0.05, 0.1) is 5.75 Å². The highest BCUT2D eigenvalue weighted by Gasteiger charge is 2.14. The van der Waals surface area contributed by atoms with Gasteiger partial charge in [0.2, 0.25) is 10.0 Å². The highest BCUT2D eigenvalue weighted by atomic mass is 32.2. The molecule has 0 saturated carbocycles. The van der Waals surface area contributed by atoms with Crippen LogP contribution >= 0.6 is 0 Å².